The third-order valence-electron chi connectivity index (χ3n) is 6.79. The number of benzene rings is 1. The summed E-state index contributed by atoms with van der Waals surface area (Å²) in [7, 11) is 0. The van der Waals surface area contributed by atoms with Crippen LogP contribution in [0.3, 0.4) is 0 Å². The summed E-state index contributed by atoms with van der Waals surface area (Å²) in [6.07, 6.45) is 2.54. The Bertz CT molecular complexity index is 1110. The molecule has 3 atom stereocenters. The number of amides is 3. The van der Waals surface area contributed by atoms with E-state index in [0.29, 0.717) is 25.1 Å². The van der Waals surface area contributed by atoms with Gasteiger partial charge in [0.25, 0.3) is 5.91 Å². The highest BCUT2D eigenvalue weighted by atomic mass is 16.5. The molecule has 3 unspecified atom stereocenters. The molecular formula is C25H29N5O4. The zero-order valence-corrected chi connectivity index (χ0v) is 19.2. The minimum atomic E-state index is -0.612. The third kappa shape index (κ3) is 4.59. The van der Waals surface area contributed by atoms with Gasteiger partial charge in [-0.1, -0.05) is 6.07 Å². The second-order valence-corrected chi connectivity index (χ2v) is 9.10. The van der Waals surface area contributed by atoms with E-state index >= 15 is 0 Å². The number of nitrogens with one attached hydrogen (secondary N) is 3. The fraction of sp³-hybridized carbons (Fsp3) is 0.440. The fourth-order valence-electron chi connectivity index (χ4n) is 4.79. The molecule has 3 aliphatic heterocycles. The van der Waals surface area contributed by atoms with Crippen LogP contribution in [0.4, 0.5) is 0 Å². The Morgan fingerprint density at radius 1 is 1.24 bits per heavy atom. The Labute approximate surface area is 198 Å². The van der Waals surface area contributed by atoms with Gasteiger partial charge in [0.15, 0.2) is 0 Å². The van der Waals surface area contributed by atoms with Crippen molar-refractivity contribution >= 4 is 17.7 Å². The van der Waals surface area contributed by atoms with E-state index in [9.17, 15) is 14.4 Å². The number of carbonyl (C=O) groups excluding carboxylic acids is 3. The lowest BCUT2D eigenvalue weighted by molar-refractivity contribution is -0.136. The number of ether oxygens (including phenoxy) is 1. The highest BCUT2D eigenvalue weighted by Gasteiger charge is 2.39. The van der Waals surface area contributed by atoms with Crippen LogP contribution < -0.4 is 16.0 Å². The maximum absolute atomic E-state index is 12.9. The third-order valence-corrected chi connectivity index (χ3v) is 6.79. The van der Waals surface area contributed by atoms with Gasteiger partial charge in [0, 0.05) is 56.0 Å². The molecule has 5 rings (SSSR count). The molecule has 2 saturated heterocycles. The number of pyridine rings is 1. The van der Waals surface area contributed by atoms with Crippen molar-refractivity contribution in [2.24, 2.45) is 0 Å². The molecule has 0 aliphatic carbocycles. The Hall–Kier alpha value is -3.14. The van der Waals surface area contributed by atoms with Crippen LogP contribution in [0.25, 0.3) is 11.3 Å². The van der Waals surface area contributed by atoms with Crippen LogP contribution in [0.2, 0.25) is 0 Å². The molecule has 1 aromatic heterocycles. The molecule has 0 saturated carbocycles. The van der Waals surface area contributed by atoms with E-state index in [1.165, 1.54) is 0 Å². The smallest absolute Gasteiger partial charge is 0.255 e. The number of rotatable bonds is 6. The van der Waals surface area contributed by atoms with E-state index < -0.39 is 11.9 Å². The van der Waals surface area contributed by atoms with Gasteiger partial charge in [0.05, 0.1) is 18.4 Å². The summed E-state index contributed by atoms with van der Waals surface area (Å²) >= 11 is 0. The van der Waals surface area contributed by atoms with Gasteiger partial charge in [-0.15, -0.1) is 0 Å². The Kier molecular flexibility index (Phi) is 6.40. The molecule has 9 nitrogen and oxygen atoms in total. The van der Waals surface area contributed by atoms with Crippen molar-refractivity contribution in [1.29, 1.82) is 0 Å². The summed E-state index contributed by atoms with van der Waals surface area (Å²) in [6.45, 7) is 5.66. The number of imide groups is 1. The average Bonchev–Trinajstić information content (AvgIpc) is 3.18. The van der Waals surface area contributed by atoms with Crippen molar-refractivity contribution in [2.75, 3.05) is 19.7 Å². The van der Waals surface area contributed by atoms with E-state index in [2.05, 4.69) is 33.9 Å². The number of hydrogen-bond donors (Lipinski definition) is 3. The minimum absolute atomic E-state index is 0.150. The number of aromatic nitrogens is 1. The van der Waals surface area contributed by atoms with Gasteiger partial charge < -0.3 is 20.3 Å². The van der Waals surface area contributed by atoms with Crippen molar-refractivity contribution in [3.63, 3.8) is 0 Å². The topological polar surface area (TPSA) is 113 Å². The molecule has 2 aromatic rings. The number of morpholine rings is 1. The summed E-state index contributed by atoms with van der Waals surface area (Å²) in [6, 6.07) is 9.33. The van der Waals surface area contributed by atoms with E-state index in [-0.39, 0.29) is 30.4 Å². The van der Waals surface area contributed by atoms with Crippen molar-refractivity contribution in [3.8, 4) is 11.3 Å². The van der Waals surface area contributed by atoms with Gasteiger partial charge in [-0.2, -0.15) is 0 Å². The predicted octanol–water partition coefficient (Wildman–Crippen LogP) is 0.976. The van der Waals surface area contributed by atoms with Crippen molar-refractivity contribution in [3.05, 3.63) is 53.2 Å². The number of carbonyl (C=O) groups is 3. The van der Waals surface area contributed by atoms with Crippen LogP contribution >= 0.6 is 0 Å². The van der Waals surface area contributed by atoms with Crippen molar-refractivity contribution < 1.29 is 19.1 Å². The number of piperidine rings is 1. The van der Waals surface area contributed by atoms with Crippen LogP contribution in [-0.4, -0.2) is 65.5 Å². The summed E-state index contributed by atoms with van der Waals surface area (Å²) in [5.74, 6) is -0.857. The summed E-state index contributed by atoms with van der Waals surface area (Å²) in [5, 5.41) is 9.23. The Balaban J connectivity index is 1.28. The average molecular weight is 464 g/mol. The molecule has 2 fully saturated rings. The zero-order valence-electron chi connectivity index (χ0n) is 19.2. The van der Waals surface area contributed by atoms with Crippen molar-refractivity contribution in [2.45, 2.75) is 51.0 Å². The largest absolute Gasteiger partial charge is 0.374 e. The van der Waals surface area contributed by atoms with Crippen LogP contribution in [-0.2, 0) is 27.4 Å². The van der Waals surface area contributed by atoms with Crippen LogP contribution in [0.15, 0.2) is 36.5 Å². The molecule has 3 N–H and O–H groups in total. The summed E-state index contributed by atoms with van der Waals surface area (Å²) in [5.41, 5.74) is 4.33. The van der Waals surface area contributed by atoms with Crippen LogP contribution in [0, 0.1) is 0 Å². The standard InChI is InChI=1S/C25H29N5O4/c1-15(22-13-26-8-9-34-22)28-12-16-6-7-27-20(10-16)17-2-3-19-18(11-17)14-30(25(19)33)21-4-5-23(31)29-24(21)32/h2-3,6-7,10-11,15,21-22,26,28H,4-5,8-9,12-14H2,1H3,(H,29,31,32). The SMILES string of the molecule is CC(NCc1ccnc(-c2ccc3c(c2)CN(C2CCC(=O)NC2=O)C3=O)c1)C1CNCCO1. The molecule has 0 radical (unpaired) electrons. The fourth-order valence-corrected chi connectivity index (χ4v) is 4.79. The van der Waals surface area contributed by atoms with Gasteiger partial charge in [-0.05, 0) is 48.7 Å². The van der Waals surface area contributed by atoms with E-state index in [1.807, 2.05) is 18.2 Å². The lowest BCUT2D eigenvalue weighted by Gasteiger charge is -2.29. The van der Waals surface area contributed by atoms with Gasteiger partial charge in [0.1, 0.15) is 6.04 Å². The molecule has 178 valence electrons. The molecule has 3 aliphatic rings. The van der Waals surface area contributed by atoms with E-state index in [1.54, 1.807) is 17.2 Å². The lowest BCUT2D eigenvalue weighted by atomic mass is 10.0. The molecule has 0 spiro atoms. The molecule has 34 heavy (non-hydrogen) atoms. The number of fused-ring (bicyclic) bond motifs is 1. The molecular weight excluding hydrogens is 434 g/mol. The molecule has 9 heteroatoms. The summed E-state index contributed by atoms with van der Waals surface area (Å²) < 4.78 is 5.83. The number of nitrogens with zero attached hydrogens (tertiary/aromatic N) is 2. The van der Waals surface area contributed by atoms with Gasteiger partial charge in [-0.25, -0.2) is 0 Å². The first-order valence-electron chi connectivity index (χ1n) is 11.8. The van der Waals surface area contributed by atoms with E-state index in [0.717, 1.165) is 42.1 Å². The second kappa shape index (κ2) is 9.61. The molecule has 0 bridgehead atoms. The minimum Gasteiger partial charge on any atom is -0.374 e. The molecule has 4 heterocycles. The first-order chi connectivity index (χ1) is 16.5. The predicted molar refractivity (Wildman–Crippen MR) is 125 cm³/mol. The van der Waals surface area contributed by atoms with E-state index in [4.69, 9.17) is 4.74 Å². The van der Waals surface area contributed by atoms with Gasteiger partial charge in [0.2, 0.25) is 11.8 Å². The monoisotopic (exact) mass is 463 g/mol. The van der Waals surface area contributed by atoms with Crippen LogP contribution in [0.1, 0.15) is 41.3 Å². The Morgan fingerprint density at radius 3 is 2.91 bits per heavy atom. The van der Waals surface area contributed by atoms with Gasteiger partial charge >= 0.3 is 0 Å². The highest BCUT2D eigenvalue weighted by molar-refractivity contribution is 6.05. The normalized spacial score (nSPS) is 23.6. The molecule has 3 amide bonds. The van der Waals surface area contributed by atoms with Crippen LogP contribution in [0.5, 0.6) is 0 Å². The Morgan fingerprint density at radius 2 is 2.12 bits per heavy atom. The quantitative estimate of drug-likeness (QED) is 0.548. The second-order valence-electron chi connectivity index (χ2n) is 9.10. The lowest BCUT2D eigenvalue weighted by Crippen LogP contribution is -2.52. The zero-order chi connectivity index (χ0) is 23.7. The first-order valence-corrected chi connectivity index (χ1v) is 11.8. The van der Waals surface area contributed by atoms with Crippen molar-refractivity contribution in [1.82, 2.24) is 25.8 Å². The highest BCUT2D eigenvalue weighted by Crippen LogP contribution is 2.30. The maximum atomic E-state index is 12.9. The summed E-state index contributed by atoms with van der Waals surface area (Å²) in [4.78, 5) is 42.8. The first kappa shape index (κ1) is 22.6. The van der Waals surface area contributed by atoms with Gasteiger partial charge in [-0.3, -0.25) is 24.7 Å². The maximum Gasteiger partial charge on any atom is 0.255 e. The molecule has 1 aromatic carbocycles. The number of hydrogen-bond acceptors (Lipinski definition) is 7.